The van der Waals surface area contributed by atoms with Gasteiger partial charge in [0.2, 0.25) is 0 Å². The number of hydrogen-bond acceptors (Lipinski definition) is 3. The maximum absolute atomic E-state index is 12.1. The molecular weight excluding hydrogens is 301 g/mol. The van der Waals surface area contributed by atoms with Crippen LogP contribution in [0.1, 0.15) is 20.3 Å². The van der Waals surface area contributed by atoms with E-state index in [0.29, 0.717) is 6.42 Å². The van der Waals surface area contributed by atoms with E-state index in [2.05, 4.69) is 15.4 Å². The van der Waals surface area contributed by atoms with Crippen molar-refractivity contribution in [2.24, 2.45) is 0 Å². The fourth-order valence-electron chi connectivity index (χ4n) is 1.40. The van der Waals surface area contributed by atoms with Crippen molar-refractivity contribution in [3.63, 3.8) is 0 Å². The SMILES string of the molecule is CCC(C)(O)CNC(=O)Nc1cccc(OCC(F)(F)F)c1. The van der Waals surface area contributed by atoms with Crippen molar-refractivity contribution >= 4 is 11.7 Å². The summed E-state index contributed by atoms with van der Waals surface area (Å²) in [7, 11) is 0. The minimum absolute atomic E-state index is 0.00400. The monoisotopic (exact) mass is 320 g/mol. The second-order valence-electron chi connectivity index (χ2n) is 5.09. The van der Waals surface area contributed by atoms with Gasteiger partial charge < -0.3 is 20.5 Å². The van der Waals surface area contributed by atoms with Crippen molar-refractivity contribution in [2.45, 2.75) is 32.0 Å². The van der Waals surface area contributed by atoms with Gasteiger partial charge in [-0.15, -0.1) is 0 Å². The van der Waals surface area contributed by atoms with Crippen LogP contribution in [0.4, 0.5) is 23.7 Å². The lowest BCUT2D eigenvalue weighted by atomic mass is 10.0. The summed E-state index contributed by atoms with van der Waals surface area (Å²) >= 11 is 0. The molecule has 3 N–H and O–H groups in total. The van der Waals surface area contributed by atoms with Crippen molar-refractivity contribution in [1.82, 2.24) is 5.32 Å². The third-order valence-corrected chi connectivity index (χ3v) is 2.89. The lowest BCUT2D eigenvalue weighted by Gasteiger charge is -2.21. The summed E-state index contributed by atoms with van der Waals surface area (Å²) in [5, 5.41) is 14.7. The summed E-state index contributed by atoms with van der Waals surface area (Å²) in [6, 6.07) is 5.04. The minimum atomic E-state index is -4.42. The molecule has 5 nitrogen and oxygen atoms in total. The second kappa shape index (κ2) is 7.35. The number of alkyl halides is 3. The maximum Gasteiger partial charge on any atom is 0.422 e. The molecule has 1 aromatic rings. The number of ether oxygens (including phenoxy) is 1. The van der Waals surface area contributed by atoms with E-state index in [1.165, 1.54) is 24.3 Å². The number of carbonyl (C=O) groups is 1. The van der Waals surface area contributed by atoms with Crippen LogP contribution in [0.15, 0.2) is 24.3 Å². The van der Waals surface area contributed by atoms with Crippen LogP contribution in [0.5, 0.6) is 5.75 Å². The molecule has 0 saturated carbocycles. The van der Waals surface area contributed by atoms with Gasteiger partial charge in [0, 0.05) is 18.3 Å². The Hall–Kier alpha value is -1.96. The van der Waals surface area contributed by atoms with Gasteiger partial charge >= 0.3 is 12.2 Å². The third kappa shape index (κ3) is 7.16. The molecule has 2 amide bonds. The highest BCUT2D eigenvalue weighted by molar-refractivity contribution is 5.89. The molecule has 0 aliphatic carbocycles. The maximum atomic E-state index is 12.1. The first-order chi connectivity index (χ1) is 10.1. The zero-order valence-corrected chi connectivity index (χ0v) is 12.3. The van der Waals surface area contributed by atoms with Crippen LogP contribution in [-0.2, 0) is 0 Å². The number of amides is 2. The van der Waals surface area contributed by atoms with Gasteiger partial charge in [-0.2, -0.15) is 13.2 Å². The summed E-state index contributed by atoms with van der Waals surface area (Å²) in [4.78, 5) is 11.6. The number of benzene rings is 1. The van der Waals surface area contributed by atoms with Crippen LogP contribution in [0.2, 0.25) is 0 Å². The number of nitrogens with one attached hydrogen (secondary N) is 2. The Morgan fingerprint density at radius 1 is 1.36 bits per heavy atom. The number of rotatable bonds is 6. The van der Waals surface area contributed by atoms with Gasteiger partial charge in [0.15, 0.2) is 6.61 Å². The summed E-state index contributed by atoms with van der Waals surface area (Å²) in [6.45, 7) is 2.02. The molecule has 0 radical (unpaired) electrons. The quantitative estimate of drug-likeness (QED) is 0.755. The molecule has 0 heterocycles. The summed E-state index contributed by atoms with van der Waals surface area (Å²) in [6.07, 6.45) is -3.96. The smallest absolute Gasteiger partial charge is 0.422 e. The molecule has 0 saturated heterocycles. The first kappa shape index (κ1) is 18.1. The highest BCUT2D eigenvalue weighted by atomic mass is 19.4. The Labute approximate surface area is 126 Å². The lowest BCUT2D eigenvalue weighted by molar-refractivity contribution is -0.153. The van der Waals surface area contributed by atoms with Gasteiger partial charge in [0.25, 0.3) is 0 Å². The van der Waals surface area contributed by atoms with Gasteiger partial charge in [-0.3, -0.25) is 0 Å². The number of aliphatic hydroxyl groups is 1. The molecule has 0 bridgehead atoms. The highest BCUT2D eigenvalue weighted by Crippen LogP contribution is 2.21. The predicted octanol–water partition coefficient (Wildman–Crippen LogP) is 2.91. The molecule has 1 rings (SSSR count). The standard InChI is InChI=1S/C14H19F3N2O3/c1-3-13(2,21)8-18-12(20)19-10-5-4-6-11(7-10)22-9-14(15,16)17/h4-7,21H,3,8-9H2,1-2H3,(H2,18,19,20). The molecule has 1 aromatic carbocycles. The summed E-state index contributed by atoms with van der Waals surface area (Å²) in [5.74, 6) is -0.00400. The fraction of sp³-hybridized carbons (Fsp3) is 0.500. The Bertz CT molecular complexity index is 504. The number of halogens is 3. The lowest BCUT2D eigenvalue weighted by Crippen LogP contribution is -2.41. The molecular formula is C14H19F3N2O3. The predicted molar refractivity (Wildman–Crippen MR) is 75.9 cm³/mol. The zero-order chi connectivity index (χ0) is 16.8. The van der Waals surface area contributed by atoms with Crippen LogP contribution >= 0.6 is 0 Å². The van der Waals surface area contributed by atoms with Crippen molar-refractivity contribution < 1.29 is 27.8 Å². The largest absolute Gasteiger partial charge is 0.484 e. The Balaban J connectivity index is 2.54. The van der Waals surface area contributed by atoms with E-state index in [0.717, 1.165) is 0 Å². The molecule has 0 aliphatic heterocycles. The third-order valence-electron chi connectivity index (χ3n) is 2.89. The van der Waals surface area contributed by atoms with Gasteiger partial charge in [0.1, 0.15) is 5.75 Å². The van der Waals surface area contributed by atoms with Crippen LogP contribution < -0.4 is 15.4 Å². The average molecular weight is 320 g/mol. The zero-order valence-electron chi connectivity index (χ0n) is 12.3. The summed E-state index contributed by atoms with van der Waals surface area (Å²) in [5.41, 5.74) is -0.733. The average Bonchev–Trinajstić information content (AvgIpc) is 2.43. The van der Waals surface area contributed by atoms with E-state index in [-0.39, 0.29) is 18.0 Å². The van der Waals surface area contributed by atoms with Crippen molar-refractivity contribution in [3.05, 3.63) is 24.3 Å². The molecule has 0 spiro atoms. The first-order valence-electron chi connectivity index (χ1n) is 6.68. The van der Waals surface area contributed by atoms with Crippen molar-refractivity contribution in [3.8, 4) is 5.75 Å². The summed E-state index contributed by atoms with van der Waals surface area (Å²) < 4.78 is 40.8. The fourth-order valence-corrected chi connectivity index (χ4v) is 1.40. The van der Waals surface area contributed by atoms with E-state index < -0.39 is 24.4 Å². The van der Waals surface area contributed by atoms with Gasteiger partial charge in [-0.05, 0) is 25.5 Å². The normalized spacial score (nSPS) is 14.1. The number of hydrogen-bond donors (Lipinski definition) is 3. The number of anilines is 1. The van der Waals surface area contributed by atoms with Gasteiger partial charge in [-0.1, -0.05) is 13.0 Å². The van der Waals surface area contributed by atoms with E-state index >= 15 is 0 Å². The Morgan fingerprint density at radius 2 is 2.05 bits per heavy atom. The Kier molecular flexibility index (Phi) is 6.04. The van der Waals surface area contributed by atoms with E-state index in [9.17, 15) is 23.1 Å². The van der Waals surface area contributed by atoms with Crippen LogP contribution in [-0.4, -0.2) is 36.1 Å². The van der Waals surface area contributed by atoms with Crippen LogP contribution in [0.3, 0.4) is 0 Å². The molecule has 0 aliphatic rings. The topological polar surface area (TPSA) is 70.6 Å². The van der Waals surface area contributed by atoms with Gasteiger partial charge in [-0.25, -0.2) is 4.79 Å². The molecule has 0 aromatic heterocycles. The van der Waals surface area contributed by atoms with E-state index in [1.54, 1.807) is 13.8 Å². The molecule has 1 unspecified atom stereocenters. The van der Waals surface area contributed by atoms with E-state index in [1.807, 2.05) is 0 Å². The second-order valence-corrected chi connectivity index (χ2v) is 5.09. The van der Waals surface area contributed by atoms with Crippen molar-refractivity contribution in [2.75, 3.05) is 18.5 Å². The Morgan fingerprint density at radius 3 is 2.64 bits per heavy atom. The molecule has 124 valence electrons. The number of urea groups is 1. The van der Waals surface area contributed by atoms with Crippen molar-refractivity contribution in [1.29, 1.82) is 0 Å². The number of carbonyl (C=O) groups excluding carboxylic acids is 1. The molecule has 8 heteroatoms. The molecule has 0 fully saturated rings. The van der Waals surface area contributed by atoms with Crippen LogP contribution in [0.25, 0.3) is 0 Å². The minimum Gasteiger partial charge on any atom is -0.484 e. The van der Waals surface area contributed by atoms with Crippen LogP contribution in [0, 0.1) is 0 Å². The van der Waals surface area contributed by atoms with Gasteiger partial charge in [0.05, 0.1) is 5.60 Å². The first-order valence-corrected chi connectivity index (χ1v) is 6.68. The molecule has 1 atom stereocenters. The highest BCUT2D eigenvalue weighted by Gasteiger charge is 2.28. The molecule has 22 heavy (non-hydrogen) atoms. The van der Waals surface area contributed by atoms with E-state index in [4.69, 9.17) is 0 Å².